The van der Waals surface area contributed by atoms with Crippen molar-refractivity contribution in [3.8, 4) is 11.5 Å². The number of alkyl halides is 3. The van der Waals surface area contributed by atoms with Crippen LogP contribution in [0.2, 0.25) is 0 Å². The molecule has 0 aliphatic heterocycles. The quantitative estimate of drug-likeness (QED) is 0.120. The Morgan fingerprint density at radius 1 is 0.806 bits per heavy atom. The van der Waals surface area contributed by atoms with Gasteiger partial charge in [-0.25, -0.2) is 9.59 Å². The molecule has 0 aliphatic rings. The van der Waals surface area contributed by atoms with Crippen molar-refractivity contribution >= 4 is 18.0 Å². The van der Waals surface area contributed by atoms with Gasteiger partial charge < -0.3 is 18.9 Å². The number of unbranched alkanes of at least 4 members (excludes halogenated alkanes) is 3. The summed E-state index contributed by atoms with van der Waals surface area (Å²) in [6.07, 6.45) is 1.51. The summed E-state index contributed by atoms with van der Waals surface area (Å²) in [6.45, 7) is 1.04. The number of rotatable bonds is 15. The molecule has 0 aliphatic carbocycles. The van der Waals surface area contributed by atoms with Crippen LogP contribution in [0.1, 0.15) is 54.4 Å². The van der Waals surface area contributed by atoms with E-state index in [0.717, 1.165) is 37.9 Å². The Kier molecular flexibility index (Phi) is 12.5. The summed E-state index contributed by atoms with van der Waals surface area (Å²) in [4.78, 5) is 24.1. The van der Waals surface area contributed by atoms with Crippen molar-refractivity contribution in [2.75, 3.05) is 26.9 Å². The van der Waals surface area contributed by atoms with Crippen LogP contribution in [0.5, 0.6) is 11.5 Å². The number of esters is 2. The number of benzene rings is 2. The van der Waals surface area contributed by atoms with Crippen LogP contribution >= 0.6 is 0 Å². The summed E-state index contributed by atoms with van der Waals surface area (Å²) >= 11 is 0. The summed E-state index contributed by atoms with van der Waals surface area (Å²) in [5, 5.41) is 0. The molecule has 2 aromatic rings. The first kappa shape index (κ1) is 28.9. The molecule has 0 aromatic heterocycles. The number of carbonyl (C=O) groups excluding carboxylic acids is 2. The minimum Gasteiger partial charge on any atom is -0.494 e. The van der Waals surface area contributed by atoms with Gasteiger partial charge in [-0.15, -0.1) is 0 Å². The zero-order valence-corrected chi connectivity index (χ0v) is 20.2. The molecule has 2 aromatic carbocycles. The average molecular weight is 509 g/mol. The van der Waals surface area contributed by atoms with Gasteiger partial charge in [-0.05, 0) is 73.7 Å². The third-order valence-electron chi connectivity index (χ3n) is 4.95. The fraction of sp³-hybridized carbons (Fsp3) is 0.407. The highest BCUT2D eigenvalue weighted by Crippen LogP contribution is 2.22. The smallest absolute Gasteiger partial charge is 0.389 e. The Balaban J connectivity index is 1.72. The molecule has 0 fully saturated rings. The van der Waals surface area contributed by atoms with Crippen molar-refractivity contribution < 1.29 is 41.7 Å². The van der Waals surface area contributed by atoms with E-state index in [-0.39, 0.29) is 18.6 Å². The van der Waals surface area contributed by atoms with Gasteiger partial charge in [0.25, 0.3) is 0 Å². The zero-order chi connectivity index (χ0) is 26.2. The molecule has 196 valence electrons. The van der Waals surface area contributed by atoms with Crippen LogP contribution in [-0.4, -0.2) is 45.0 Å². The van der Waals surface area contributed by atoms with Crippen molar-refractivity contribution in [1.29, 1.82) is 0 Å². The predicted molar refractivity (Wildman–Crippen MR) is 129 cm³/mol. The number of hydrogen-bond donors (Lipinski definition) is 0. The van der Waals surface area contributed by atoms with Crippen molar-refractivity contribution in [2.45, 2.75) is 44.7 Å². The number of methoxy groups -OCH3 is 1. The van der Waals surface area contributed by atoms with Gasteiger partial charge in [0.05, 0.1) is 18.8 Å². The largest absolute Gasteiger partial charge is 0.494 e. The molecule has 0 radical (unpaired) electrons. The maximum atomic E-state index is 12.3. The van der Waals surface area contributed by atoms with E-state index in [1.807, 2.05) is 0 Å². The van der Waals surface area contributed by atoms with E-state index in [9.17, 15) is 22.8 Å². The molecule has 0 amide bonds. The van der Waals surface area contributed by atoms with Crippen LogP contribution in [0.15, 0.2) is 54.6 Å². The molecule has 0 N–H and O–H groups in total. The standard InChI is InChI=1S/C27H31F3O6/c1-33-18-4-2-3-5-19-35-25(31)16-9-21-7-12-24(13-8-21)36-26(32)22-10-14-23(15-11-22)34-20-6-17-27(28,29)30/h7-16H,2-6,17-20H2,1H3/b16-9+. The van der Waals surface area contributed by atoms with E-state index in [2.05, 4.69) is 0 Å². The molecular formula is C27H31F3O6. The molecule has 2 rings (SSSR count). The van der Waals surface area contributed by atoms with E-state index in [1.165, 1.54) is 30.3 Å². The van der Waals surface area contributed by atoms with Crippen molar-refractivity contribution in [3.05, 3.63) is 65.7 Å². The Bertz CT molecular complexity index is 953. The predicted octanol–water partition coefficient (Wildman–Crippen LogP) is 6.39. The minimum atomic E-state index is -4.21. The average Bonchev–Trinajstić information content (AvgIpc) is 2.85. The maximum absolute atomic E-state index is 12.3. The molecule has 0 unspecified atom stereocenters. The summed E-state index contributed by atoms with van der Waals surface area (Å²) < 4.78 is 57.2. The first-order valence-electron chi connectivity index (χ1n) is 11.7. The van der Waals surface area contributed by atoms with Crippen molar-refractivity contribution in [2.24, 2.45) is 0 Å². The van der Waals surface area contributed by atoms with E-state index >= 15 is 0 Å². The molecular weight excluding hydrogens is 477 g/mol. The summed E-state index contributed by atoms with van der Waals surface area (Å²) in [6, 6.07) is 12.5. The van der Waals surface area contributed by atoms with Gasteiger partial charge in [0.2, 0.25) is 0 Å². The normalized spacial score (nSPS) is 11.4. The molecule has 0 bridgehead atoms. The molecule has 0 atom stereocenters. The van der Waals surface area contributed by atoms with Gasteiger partial charge in [0.15, 0.2) is 0 Å². The van der Waals surface area contributed by atoms with Crippen LogP contribution < -0.4 is 9.47 Å². The van der Waals surface area contributed by atoms with E-state index in [4.69, 9.17) is 18.9 Å². The Morgan fingerprint density at radius 2 is 1.44 bits per heavy atom. The molecule has 0 saturated carbocycles. The number of halogens is 3. The Morgan fingerprint density at radius 3 is 2.08 bits per heavy atom. The lowest BCUT2D eigenvalue weighted by Gasteiger charge is -2.09. The monoisotopic (exact) mass is 508 g/mol. The Labute approximate surface area is 209 Å². The van der Waals surface area contributed by atoms with Gasteiger partial charge in [-0.1, -0.05) is 18.6 Å². The SMILES string of the molecule is COCCCCCCOC(=O)/C=C/c1ccc(OC(=O)c2ccc(OCCCC(F)(F)F)cc2)cc1. The lowest BCUT2D eigenvalue weighted by molar-refractivity contribution is -0.138. The topological polar surface area (TPSA) is 71.1 Å². The highest BCUT2D eigenvalue weighted by molar-refractivity contribution is 5.91. The first-order valence-corrected chi connectivity index (χ1v) is 11.7. The zero-order valence-electron chi connectivity index (χ0n) is 20.2. The van der Waals surface area contributed by atoms with Gasteiger partial charge in [0, 0.05) is 26.2 Å². The summed E-state index contributed by atoms with van der Waals surface area (Å²) in [5.41, 5.74) is 1.00. The second-order valence-electron chi connectivity index (χ2n) is 7.96. The highest BCUT2D eigenvalue weighted by Gasteiger charge is 2.26. The lowest BCUT2D eigenvalue weighted by Crippen LogP contribution is -2.10. The number of hydrogen-bond acceptors (Lipinski definition) is 6. The highest BCUT2D eigenvalue weighted by atomic mass is 19.4. The van der Waals surface area contributed by atoms with Gasteiger partial charge in [-0.3, -0.25) is 0 Å². The van der Waals surface area contributed by atoms with Crippen LogP contribution in [0.3, 0.4) is 0 Å². The van der Waals surface area contributed by atoms with E-state index in [0.29, 0.717) is 18.1 Å². The van der Waals surface area contributed by atoms with E-state index in [1.54, 1.807) is 37.5 Å². The molecule has 6 nitrogen and oxygen atoms in total. The Hall–Kier alpha value is -3.33. The maximum Gasteiger partial charge on any atom is 0.389 e. The third kappa shape index (κ3) is 12.4. The third-order valence-corrected chi connectivity index (χ3v) is 4.95. The summed E-state index contributed by atoms with van der Waals surface area (Å²) in [5.74, 6) is -0.325. The van der Waals surface area contributed by atoms with E-state index < -0.39 is 24.5 Å². The van der Waals surface area contributed by atoms with Crippen molar-refractivity contribution in [3.63, 3.8) is 0 Å². The van der Waals surface area contributed by atoms with Crippen LogP contribution in [0.4, 0.5) is 13.2 Å². The molecule has 9 heteroatoms. The lowest BCUT2D eigenvalue weighted by atomic mass is 10.2. The van der Waals surface area contributed by atoms with Gasteiger partial charge in [0.1, 0.15) is 11.5 Å². The second kappa shape index (κ2) is 15.6. The van der Waals surface area contributed by atoms with Gasteiger partial charge >= 0.3 is 18.1 Å². The van der Waals surface area contributed by atoms with Crippen LogP contribution in [0, 0.1) is 0 Å². The number of ether oxygens (including phenoxy) is 4. The van der Waals surface area contributed by atoms with Crippen LogP contribution in [-0.2, 0) is 14.3 Å². The van der Waals surface area contributed by atoms with Crippen LogP contribution in [0.25, 0.3) is 6.08 Å². The molecule has 0 heterocycles. The summed E-state index contributed by atoms with van der Waals surface area (Å²) in [7, 11) is 1.67. The first-order chi connectivity index (χ1) is 17.3. The fourth-order valence-electron chi connectivity index (χ4n) is 3.05. The van der Waals surface area contributed by atoms with Crippen molar-refractivity contribution in [1.82, 2.24) is 0 Å². The molecule has 0 spiro atoms. The fourth-order valence-corrected chi connectivity index (χ4v) is 3.05. The molecule has 0 saturated heterocycles. The molecule has 36 heavy (non-hydrogen) atoms. The second-order valence-corrected chi connectivity index (χ2v) is 7.96. The number of carbonyl (C=O) groups is 2. The van der Waals surface area contributed by atoms with Gasteiger partial charge in [-0.2, -0.15) is 13.2 Å². The minimum absolute atomic E-state index is 0.0723.